The van der Waals surface area contributed by atoms with Crippen LogP contribution >= 0.6 is 0 Å². The third-order valence-corrected chi connectivity index (χ3v) is 2.59. The van der Waals surface area contributed by atoms with E-state index in [0.717, 1.165) is 6.42 Å². The number of rotatable bonds is 4. The molecule has 1 aromatic carbocycles. The largest absolute Gasteiger partial charge is 0.493 e. The highest BCUT2D eigenvalue weighted by atomic mass is 16.6. The Morgan fingerprint density at radius 3 is 2.88 bits per heavy atom. The van der Waals surface area contributed by atoms with E-state index in [9.17, 15) is 4.79 Å². The lowest BCUT2D eigenvalue weighted by atomic mass is 10.2. The topological polar surface area (TPSA) is 65.0 Å². The van der Waals surface area contributed by atoms with Crippen LogP contribution in [0.3, 0.4) is 0 Å². The molecule has 17 heavy (non-hydrogen) atoms. The Morgan fingerprint density at radius 2 is 2.29 bits per heavy atom. The summed E-state index contributed by atoms with van der Waals surface area (Å²) in [4.78, 5) is 10.9. The highest BCUT2D eigenvalue weighted by molar-refractivity contribution is 5.88. The quantitative estimate of drug-likeness (QED) is 0.862. The summed E-state index contributed by atoms with van der Waals surface area (Å²) in [5.41, 5.74) is 0.180. The van der Waals surface area contributed by atoms with Crippen LogP contribution in [0.1, 0.15) is 16.8 Å². The molecule has 92 valence electrons. The molecular formula is C12H14O5. The van der Waals surface area contributed by atoms with Crippen LogP contribution < -0.4 is 9.47 Å². The number of carboxylic acids is 1. The number of carboxylic acid groups (broad SMARTS) is 1. The molecule has 0 bridgehead atoms. The molecule has 1 aliphatic rings. The zero-order valence-corrected chi connectivity index (χ0v) is 9.51. The summed E-state index contributed by atoms with van der Waals surface area (Å²) in [6, 6.07) is 4.55. The molecule has 0 aliphatic carbocycles. The summed E-state index contributed by atoms with van der Waals surface area (Å²) in [5, 5.41) is 8.91. The van der Waals surface area contributed by atoms with Crippen molar-refractivity contribution in [3.63, 3.8) is 0 Å². The second-order valence-corrected chi connectivity index (χ2v) is 3.77. The van der Waals surface area contributed by atoms with Crippen molar-refractivity contribution in [2.45, 2.75) is 12.5 Å². The van der Waals surface area contributed by atoms with E-state index < -0.39 is 5.97 Å². The average molecular weight is 238 g/mol. The SMILES string of the molecule is COc1ccc(C(=O)O)cc1OC1CCOC1. The number of carbonyl (C=O) groups is 1. The Hall–Kier alpha value is -1.75. The molecule has 5 heteroatoms. The highest BCUT2D eigenvalue weighted by Crippen LogP contribution is 2.30. The van der Waals surface area contributed by atoms with Gasteiger partial charge in [-0.05, 0) is 18.2 Å². The van der Waals surface area contributed by atoms with Crippen LogP contribution in [0, 0.1) is 0 Å². The first-order valence-electron chi connectivity index (χ1n) is 5.36. The van der Waals surface area contributed by atoms with Crippen molar-refractivity contribution in [2.75, 3.05) is 20.3 Å². The fourth-order valence-corrected chi connectivity index (χ4v) is 1.69. The normalized spacial score (nSPS) is 19.0. The van der Waals surface area contributed by atoms with E-state index in [1.165, 1.54) is 19.2 Å². The zero-order chi connectivity index (χ0) is 12.3. The van der Waals surface area contributed by atoms with Gasteiger partial charge in [0.15, 0.2) is 11.5 Å². The van der Waals surface area contributed by atoms with Gasteiger partial charge in [0.25, 0.3) is 0 Å². The molecule has 0 spiro atoms. The van der Waals surface area contributed by atoms with Gasteiger partial charge in [-0.15, -0.1) is 0 Å². The van der Waals surface area contributed by atoms with Crippen molar-refractivity contribution < 1.29 is 24.1 Å². The summed E-state index contributed by atoms with van der Waals surface area (Å²) in [6.45, 7) is 1.20. The van der Waals surface area contributed by atoms with Gasteiger partial charge >= 0.3 is 5.97 Å². The summed E-state index contributed by atoms with van der Waals surface area (Å²) < 4.78 is 16.0. The maximum Gasteiger partial charge on any atom is 0.335 e. The van der Waals surface area contributed by atoms with Gasteiger partial charge in [0.05, 0.1) is 25.9 Å². The van der Waals surface area contributed by atoms with Crippen molar-refractivity contribution in [2.24, 2.45) is 0 Å². The van der Waals surface area contributed by atoms with Crippen LogP contribution in [0.2, 0.25) is 0 Å². The first kappa shape index (κ1) is 11.7. The molecule has 2 rings (SSSR count). The molecule has 1 atom stereocenters. The average Bonchev–Trinajstić information content (AvgIpc) is 2.81. The minimum Gasteiger partial charge on any atom is -0.493 e. The Bertz CT molecular complexity index is 409. The molecule has 1 aliphatic heterocycles. The van der Waals surface area contributed by atoms with Crippen LogP contribution in [-0.2, 0) is 4.74 Å². The highest BCUT2D eigenvalue weighted by Gasteiger charge is 2.19. The van der Waals surface area contributed by atoms with Gasteiger partial charge in [-0.2, -0.15) is 0 Å². The van der Waals surface area contributed by atoms with Crippen LogP contribution in [0.25, 0.3) is 0 Å². The van der Waals surface area contributed by atoms with E-state index in [2.05, 4.69) is 0 Å². The van der Waals surface area contributed by atoms with Gasteiger partial charge in [0, 0.05) is 6.42 Å². The van der Waals surface area contributed by atoms with E-state index in [1.54, 1.807) is 6.07 Å². The van der Waals surface area contributed by atoms with Crippen molar-refractivity contribution >= 4 is 5.97 Å². The molecule has 1 heterocycles. The third kappa shape index (κ3) is 2.68. The first-order valence-corrected chi connectivity index (χ1v) is 5.36. The maximum absolute atomic E-state index is 10.9. The molecule has 0 amide bonds. The summed E-state index contributed by atoms with van der Waals surface area (Å²) in [5.74, 6) is -0.00928. The van der Waals surface area contributed by atoms with E-state index in [-0.39, 0.29) is 11.7 Å². The third-order valence-electron chi connectivity index (χ3n) is 2.59. The van der Waals surface area contributed by atoms with E-state index in [1.807, 2.05) is 0 Å². The summed E-state index contributed by atoms with van der Waals surface area (Å²) in [7, 11) is 1.52. The van der Waals surface area contributed by atoms with E-state index in [4.69, 9.17) is 19.3 Å². The number of benzene rings is 1. The lowest BCUT2D eigenvalue weighted by Gasteiger charge is -2.15. The number of hydrogen-bond acceptors (Lipinski definition) is 4. The Balaban J connectivity index is 2.21. The second-order valence-electron chi connectivity index (χ2n) is 3.77. The summed E-state index contributed by atoms with van der Waals surface area (Å²) >= 11 is 0. The van der Waals surface area contributed by atoms with Gasteiger partial charge in [0.2, 0.25) is 0 Å². The fourth-order valence-electron chi connectivity index (χ4n) is 1.69. The van der Waals surface area contributed by atoms with E-state index in [0.29, 0.717) is 24.7 Å². The summed E-state index contributed by atoms with van der Waals surface area (Å²) in [6.07, 6.45) is 0.772. The van der Waals surface area contributed by atoms with Gasteiger partial charge in [0.1, 0.15) is 6.10 Å². The van der Waals surface area contributed by atoms with Crippen LogP contribution in [0.4, 0.5) is 0 Å². The molecule has 1 unspecified atom stereocenters. The van der Waals surface area contributed by atoms with E-state index >= 15 is 0 Å². The fraction of sp³-hybridized carbons (Fsp3) is 0.417. The number of methoxy groups -OCH3 is 1. The van der Waals surface area contributed by atoms with Gasteiger partial charge in [-0.25, -0.2) is 4.79 Å². The number of ether oxygens (including phenoxy) is 3. The molecule has 0 saturated carbocycles. The lowest BCUT2D eigenvalue weighted by Crippen LogP contribution is -2.16. The monoisotopic (exact) mass is 238 g/mol. The van der Waals surface area contributed by atoms with Crippen LogP contribution in [0.15, 0.2) is 18.2 Å². The Morgan fingerprint density at radius 1 is 1.47 bits per heavy atom. The van der Waals surface area contributed by atoms with Gasteiger partial charge < -0.3 is 19.3 Å². The minimum absolute atomic E-state index is 0.0343. The minimum atomic E-state index is -0.986. The predicted octanol–water partition coefficient (Wildman–Crippen LogP) is 1.56. The molecule has 1 fully saturated rings. The Kier molecular flexibility index (Phi) is 3.49. The van der Waals surface area contributed by atoms with Crippen molar-refractivity contribution in [1.82, 2.24) is 0 Å². The predicted molar refractivity (Wildman–Crippen MR) is 59.8 cm³/mol. The van der Waals surface area contributed by atoms with Gasteiger partial charge in [-0.3, -0.25) is 0 Å². The molecular weight excluding hydrogens is 224 g/mol. The smallest absolute Gasteiger partial charge is 0.335 e. The molecule has 0 aromatic heterocycles. The standard InChI is InChI=1S/C12H14O5/c1-15-10-3-2-8(12(13)14)6-11(10)17-9-4-5-16-7-9/h2-3,6,9H,4-5,7H2,1H3,(H,13,14). The lowest BCUT2D eigenvalue weighted by molar-refractivity contribution is 0.0695. The molecule has 1 saturated heterocycles. The molecule has 5 nitrogen and oxygen atoms in total. The van der Waals surface area contributed by atoms with Crippen molar-refractivity contribution in [1.29, 1.82) is 0 Å². The van der Waals surface area contributed by atoms with Crippen molar-refractivity contribution in [3.8, 4) is 11.5 Å². The number of hydrogen-bond donors (Lipinski definition) is 1. The van der Waals surface area contributed by atoms with Gasteiger partial charge in [-0.1, -0.05) is 0 Å². The van der Waals surface area contributed by atoms with Crippen LogP contribution in [0.5, 0.6) is 11.5 Å². The van der Waals surface area contributed by atoms with Crippen LogP contribution in [-0.4, -0.2) is 37.5 Å². The first-order chi connectivity index (χ1) is 8.20. The zero-order valence-electron chi connectivity index (χ0n) is 9.51. The Labute approximate surface area is 98.9 Å². The van der Waals surface area contributed by atoms with Crippen molar-refractivity contribution in [3.05, 3.63) is 23.8 Å². The molecule has 1 aromatic rings. The molecule has 0 radical (unpaired) electrons. The second kappa shape index (κ2) is 5.05. The number of aromatic carboxylic acids is 1. The maximum atomic E-state index is 10.9. The molecule has 1 N–H and O–H groups in total.